The normalized spacial score (nSPS) is 40.0. The molecule has 4 saturated carbocycles. The number of rotatable bonds is 2. The van der Waals surface area contributed by atoms with Crippen molar-refractivity contribution in [3.63, 3.8) is 0 Å². The highest BCUT2D eigenvalue weighted by molar-refractivity contribution is 5.20. The van der Waals surface area contributed by atoms with Crippen molar-refractivity contribution in [2.45, 2.75) is 44.6 Å². The minimum absolute atomic E-state index is 0.0733. The molecule has 5 rings (SSSR count). The van der Waals surface area contributed by atoms with Crippen LogP contribution in [-0.4, -0.2) is 4.57 Å². The molecule has 4 aliphatic carbocycles. The molecule has 0 radical (unpaired) electrons. The fraction of sp³-hybridized carbons (Fsp3) is 0.706. The molecule has 1 aromatic rings. The van der Waals surface area contributed by atoms with Crippen molar-refractivity contribution in [3.8, 4) is 0 Å². The molecule has 3 heteroatoms. The van der Waals surface area contributed by atoms with Crippen molar-refractivity contribution in [1.29, 1.82) is 0 Å². The Morgan fingerprint density at radius 3 is 2.30 bits per heavy atom. The van der Waals surface area contributed by atoms with Crippen LogP contribution in [0.25, 0.3) is 0 Å². The zero-order chi connectivity index (χ0) is 13.9. The van der Waals surface area contributed by atoms with E-state index in [0.717, 1.165) is 23.3 Å². The van der Waals surface area contributed by atoms with E-state index in [4.69, 9.17) is 5.73 Å². The number of hydrogen-bond donors (Lipinski definition) is 1. The molecule has 0 amide bonds. The van der Waals surface area contributed by atoms with Crippen LogP contribution in [0.1, 0.15) is 50.1 Å². The van der Waals surface area contributed by atoms with Crippen molar-refractivity contribution >= 4 is 0 Å². The average Bonchev–Trinajstić information content (AvgIpc) is 2.39. The molecule has 1 aromatic heterocycles. The fourth-order valence-corrected chi connectivity index (χ4v) is 5.74. The maximum Gasteiger partial charge on any atom is 0.255 e. The molecule has 0 saturated heterocycles. The fourth-order valence-electron chi connectivity index (χ4n) is 5.74. The number of nitrogens with zero attached hydrogens (tertiary/aromatic N) is 1. The van der Waals surface area contributed by atoms with Crippen LogP contribution < -0.4 is 11.3 Å². The summed E-state index contributed by atoms with van der Waals surface area (Å²) in [5.41, 5.74) is 7.78. The van der Waals surface area contributed by atoms with Gasteiger partial charge in [0.15, 0.2) is 0 Å². The van der Waals surface area contributed by atoms with Gasteiger partial charge in [0.2, 0.25) is 0 Å². The Labute approximate surface area is 120 Å². The van der Waals surface area contributed by atoms with Crippen molar-refractivity contribution in [1.82, 2.24) is 4.57 Å². The molecule has 108 valence electrons. The first kappa shape index (κ1) is 12.6. The maximum absolute atomic E-state index is 12.4. The van der Waals surface area contributed by atoms with Gasteiger partial charge in [0.25, 0.3) is 5.56 Å². The van der Waals surface area contributed by atoms with Gasteiger partial charge in [-0.05, 0) is 67.8 Å². The molecule has 0 aromatic carbocycles. The summed E-state index contributed by atoms with van der Waals surface area (Å²) in [6.45, 7) is 0. The van der Waals surface area contributed by atoms with Crippen LogP contribution in [0.2, 0.25) is 0 Å². The summed E-state index contributed by atoms with van der Waals surface area (Å²) < 4.78 is 1.66. The molecule has 2 N–H and O–H groups in total. The molecule has 1 unspecified atom stereocenters. The number of nitrogens with two attached hydrogens (primary N) is 1. The standard InChI is InChI=1S/C17H24N2O/c1-19-4-2-3-14(16(19)20)15(18)17-8-11-5-12(9-17)7-13(6-11)10-17/h2-4,11-13,15H,5-10,18H2,1H3. The summed E-state index contributed by atoms with van der Waals surface area (Å²) in [7, 11) is 1.82. The summed E-state index contributed by atoms with van der Waals surface area (Å²) in [5, 5.41) is 0. The lowest BCUT2D eigenvalue weighted by Crippen LogP contribution is -2.51. The Kier molecular flexibility index (Phi) is 2.65. The summed E-state index contributed by atoms with van der Waals surface area (Å²) in [4.78, 5) is 12.4. The largest absolute Gasteiger partial charge is 0.323 e. The monoisotopic (exact) mass is 272 g/mol. The molecular formula is C17H24N2O. The first-order chi connectivity index (χ1) is 9.57. The van der Waals surface area contributed by atoms with Crippen molar-refractivity contribution < 1.29 is 0 Å². The van der Waals surface area contributed by atoms with E-state index in [1.165, 1.54) is 38.5 Å². The van der Waals surface area contributed by atoms with Crippen molar-refractivity contribution in [3.05, 3.63) is 34.2 Å². The van der Waals surface area contributed by atoms with Crippen LogP contribution in [0, 0.1) is 23.2 Å². The number of aromatic nitrogens is 1. The van der Waals surface area contributed by atoms with Gasteiger partial charge in [-0.3, -0.25) is 4.79 Å². The third kappa shape index (κ3) is 1.72. The molecule has 1 heterocycles. The average molecular weight is 272 g/mol. The first-order valence-electron chi connectivity index (χ1n) is 7.98. The first-order valence-corrected chi connectivity index (χ1v) is 7.98. The Morgan fingerprint density at radius 2 is 1.75 bits per heavy atom. The third-order valence-electron chi connectivity index (χ3n) is 6.23. The van der Waals surface area contributed by atoms with Crippen LogP contribution in [0.4, 0.5) is 0 Å². The second-order valence-electron chi connectivity index (χ2n) is 7.64. The highest BCUT2D eigenvalue weighted by atomic mass is 16.1. The van der Waals surface area contributed by atoms with Gasteiger partial charge in [-0.25, -0.2) is 0 Å². The number of hydrogen-bond acceptors (Lipinski definition) is 2. The quantitative estimate of drug-likeness (QED) is 0.899. The summed E-state index contributed by atoms with van der Waals surface area (Å²) >= 11 is 0. The van der Waals surface area contributed by atoms with Gasteiger partial charge < -0.3 is 10.3 Å². The topological polar surface area (TPSA) is 48.0 Å². The Balaban J connectivity index is 1.73. The van der Waals surface area contributed by atoms with Crippen LogP contribution in [0.3, 0.4) is 0 Å². The smallest absolute Gasteiger partial charge is 0.255 e. The number of pyridine rings is 1. The van der Waals surface area contributed by atoms with Crippen LogP contribution in [0.5, 0.6) is 0 Å². The summed E-state index contributed by atoms with van der Waals surface area (Å²) in [6.07, 6.45) is 9.81. The predicted octanol–water partition coefficient (Wildman–Crippen LogP) is 2.60. The van der Waals surface area contributed by atoms with E-state index in [2.05, 4.69) is 0 Å². The molecule has 20 heavy (non-hydrogen) atoms. The second-order valence-corrected chi connectivity index (χ2v) is 7.64. The van der Waals surface area contributed by atoms with E-state index in [-0.39, 0.29) is 17.0 Å². The van der Waals surface area contributed by atoms with Gasteiger partial charge in [-0.2, -0.15) is 0 Å². The lowest BCUT2D eigenvalue weighted by molar-refractivity contribution is -0.0680. The van der Waals surface area contributed by atoms with Gasteiger partial charge >= 0.3 is 0 Å². The lowest BCUT2D eigenvalue weighted by Gasteiger charge is -2.58. The molecule has 4 fully saturated rings. The zero-order valence-electron chi connectivity index (χ0n) is 12.2. The highest BCUT2D eigenvalue weighted by Gasteiger charge is 2.53. The molecule has 1 atom stereocenters. The van der Waals surface area contributed by atoms with E-state index in [9.17, 15) is 4.79 Å². The number of aryl methyl sites for hydroxylation is 1. The van der Waals surface area contributed by atoms with Gasteiger partial charge in [0.1, 0.15) is 0 Å². The molecule has 0 aliphatic heterocycles. The van der Waals surface area contributed by atoms with Crippen LogP contribution in [0.15, 0.2) is 23.1 Å². The second kappa shape index (κ2) is 4.20. The minimum Gasteiger partial charge on any atom is -0.323 e. The van der Waals surface area contributed by atoms with E-state index in [1.807, 2.05) is 25.4 Å². The maximum atomic E-state index is 12.4. The van der Waals surface area contributed by atoms with E-state index in [0.29, 0.717) is 0 Å². The Bertz CT molecular complexity index is 554. The van der Waals surface area contributed by atoms with Crippen molar-refractivity contribution in [2.24, 2.45) is 36.0 Å². The van der Waals surface area contributed by atoms with E-state index >= 15 is 0 Å². The summed E-state index contributed by atoms with van der Waals surface area (Å²) in [5.74, 6) is 2.62. The molecule has 3 nitrogen and oxygen atoms in total. The highest BCUT2D eigenvalue weighted by Crippen LogP contribution is 2.63. The molecule has 4 aliphatic rings. The third-order valence-corrected chi connectivity index (χ3v) is 6.23. The minimum atomic E-state index is -0.0733. The molecular weight excluding hydrogens is 248 g/mol. The lowest BCUT2D eigenvalue weighted by atomic mass is 9.47. The molecule has 0 spiro atoms. The van der Waals surface area contributed by atoms with Gasteiger partial charge in [0, 0.05) is 24.8 Å². The van der Waals surface area contributed by atoms with E-state index < -0.39 is 0 Å². The Morgan fingerprint density at radius 1 is 1.20 bits per heavy atom. The van der Waals surface area contributed by atoms with Gasteiger partial charge in [-0.15, -0.1) is 0 Å². The van der Waals surface area contributed by atoms with Gasteiger partial charge in [-0.1, -0.05) is 6.07 Å². The van der Waals surface area contributed by atoms with Crippen molar-refractivity contribution in [2.75, 3.05) is 0 Å². The van der Waals surface area contributed by atoms with Crippen LogP contribution >= 0.6 is 0 Å². The van der Waals surface area contributed by atoms with Crippen LogP contribution in [-0.2, 0) is 7.05 Å². The summed E-state index contributed by atoms with van der Waals surface area (Å²) in [6, 6.07) is 3.83. The predicted molar refractivity (Wildman–Crippen MR) is 79.2 cm³/mol. The molecule has 4 bridgehead atoms. The SMILES string of the molecule is Cn1cccc(C(N)C23CC4CC(CC(C4)C2)C3)c1=O. The Hall–Kier alpha value is -1.09. The van der Waals surface area contributed by atoms with Gasteiger partial charge in [0.05, 0.1) is 0 Å². The zero-order valence-corrected chi connectivity index (χ0v) is 12.2. The van der Waals surface area contributed by atoms with E-state index in [1.54, 1.807) is 4.57 Å².